The van der Waals surface area contributed by atoms with Gasteiger partial charge in [0.1, 0.15) is 16.7 Å². The van der Waals surface area contributed by atoms with Crippen LogP contribution >= 0.6 is 27.3 Å². The number of hydrogen-bond acceptors (Lipinski definition) is 10. The molecule has 1 heterocycles. The van der Waals surface area contributed by atoms with Crippen molar-refractivity contribution in [1.82, 2.24) is 0 Å². The van der Waals surface area contributed by atoms with Crippen molar-refractivity contribution in [2.24, 2.45) is 0 Å². The fraction of sp³-hybridized carbons (Fsp3) is 0.273. The first-order chi connectivity index (χ1) is 16.0. The molecule has 0 aliphatic heterocycles. The van der Waals surface area contributed by atoms with E-state index in [1.54, 1.807) is 19.9 Å². The number of nitro groups is 1. The van der Waals surface area contributed by atoms with Crippen LogP contribution in [-0.2, 0) is 20.7 Å². The fourth-order valence-electron chi connectivity index (χ4n) is 2.95. The number of carbonyl (C=O) groups excluding carboxylic acids is 3. The molecule has 34 heavy (non-hydrogen) atoms. The number of nitriles is 1. The highest BCUT2D eigenvalue weighted by molar-refractivity contribution is 9.10. The van der Waals surface area contributed by atoms with Gasteiger partial charge in [0, 0.05) is 29.0 Å². The predicted molar refractivity (Wildman–Crippen MR) is 126 cm³/mol. The molecule has 0 fully saturated rings. The van der Waals surface area contributed by atoms with Crippen molar-refractivity contribution in [2.45, 2.75) is 27.2 Å². The summed E-state index contributed by atoms with van der Waals surface area (Å²) in [5.74, 6) is -2.50. The highest BCUT2D eigenvalue weighted by Gasteiger charge is 2.28. The lowest BCUT2D eigenvalue weighted by Gasteiger charge is -2.06. The van der Waals surface area contributed by atoms with Gasteiger partial charge in [-0.1, -0.05) is 0 Å². The number of esters is 2. The number of ketones is 1. The van der Waals surface area contributed by atoms with Gasteiger partial charge in [0.2, 0.25) is 0 Å². The molecule has 0 aliphatic carbocycles. The van der Waals surface area contributed by atoms with E-state index in [-0.39, 0.29) is 44.3 Å². The highest BCUT2D eigenvalue weighted by atomic mass is 79.9. The first-order valence-corrected chi connectivity index (χ1v) is 11.4. The highest BCUT2D eigenvalue weighted by Crippen LogP contribution is 2.35. The van der Waals surface area contributed by atoms with Crippen molar-refractivity contribution in [1.29, 1.82) is 5.26 Å². The number of allylic oxidation sites excluding steroid dienone is 1. The number of phenols is 1. The number of rotatable bonds is 9. The molecule has 12 heteroatoms. The van der Waals surface area contributed by atoms with Crippen molar-refractivity contribution >= 4 is 56.8 Å². The number of thiophene rings is 1. The third kappa shape index (κ3) is 5.86. The van der Waals surface area contributed by atoms with Crippen LogP contribution in [-0.4, -0.2) is 41.0 Å². The van der Waals surface area contributed by atoms with Crippen molar-refractivity contribution < 1.29 is 33.9 Å². The average Bonchev–Trinajstić information content (AvgIpc) is 3.10. The quantitative estimate of drug-likeness (QED) is 0.156. The molecule has 0 spiro atoms. The summed E-state index contributed by atoms with van der Waals surface area (Å²) in [4.78, 5) is 48.5. The Labute approximate surface area is 206 Å². The van der Waals surface area contributed by atoms with E-state index < -0.39 is 40.4 Å². The smallest absolute Gasteiger partial charge is 0.348 e. The average molecular weight is 551 g/mol. The molecule has 0 unspecified atom stereocenters. The Bertz CT molecular complexity index is 1240. The SMILES string of the molecule is CCOC(=O)c1sc(CC(=O)/C(C#N)=C/c2cc([N+](=O)[O-])cc(Br)c2O)c(C(=O)OCC)c1C. The Morgan fingerprint density at radius 3 is 2.41 bits per heavy atom. The molecule has 0 atom stereocenters. The number of halogens is 1. The number of phenolic OH excluding ortho intramolecular Hbond substituents is 1. The van der Waals surface area contributed by atoms with E-state index in [1.807, 2.05) is 0 Å². The van der Waals surface area contributed by atoms with Crippen molar-refractivity contribution in [2.75, 3.05) is 13.2 Å². The summed E-state index contributed by atoms with van der Waals surface area (Å²) in [6.45, 7) is 4.95. The zero-order valence-electron chi connectivity index (χ0n) is 18.3. The minimum absolute atomic E-state index is 0.00949. The van der Waals surface area contributed by atoms with Gasteiger partial charge in [-0.25, -0.2) is 9.59 Å². The number of carbonyl (C=O) groups is 3. The normalized spacial score (nSPS) is 11.0. The molecule has 0 aliphatic rings. The zero-order chi connectivity index (χ0) is 25.6. The second-order valence-corrected chi connectivity index (χ2v) is 8.65. The lowest BCUT2D eigenvalue weighted by atomic mass is 10.0. The van der Waals surface area contributed by atoms with Crippen LogP contribution in [0.2, 0.25) is 0 Å². The largest absolute Gasteiger partial charge is 0.506 e. The maximum Gasteiger partial charge on any atom is 0.348 e. The molecule has 0 radical (unpaired) electrons. The minimum atomic E-state index is -0.730. The van der Waals surface area contributed by atoms with Crippen molar-refractivity contribution in [3.8, 4) is 11.8 Å². The van der Waals surface area contributed by atoms with E-state index in [9.17, 15) is 34.9 Å². The molecule has 0 saturated carbocycles. The molecule has 0 amide bonds. The lowest BCUT2D eigenvalue weighted by Crippen LogP contribution is -2.12. The first kappa shape index (κ1) is 26.7. The minimum Gasteiger partial charge on any atom is -0.506 e. The fourth-order valence-corrected chi connectivity index (χ4v) is 4.60. The number of non-ortho nitro benzene ring substituents is 1. The van der Waals surface area contributed by atoms with E-state index >= 15 is 0 Å². The number of Topliss-reactive ketones (excluding diaryl/α,β-unsaturated/α-hetero) is 1. The van der Waals surface area contributed by atoms with Gasteiger partial charge in [0.05, 0.1) is 33.7 Å². The molecule has 0 bridgehead atoms. The van der Waals surface area contributed by atoms with Gasteiger partial charge in [-0.3, -0.25) is 14.9 Å². The van der Waals surface area contributed by atoms with Gasteiger partial charge in [-0.2, -0.15) is 5.26 Å². The summed E-state index contributed by atoms with van der Waals surface area (Å²) >= 11 is 3.88. The number of ether oxygens (including phenoxy) is 2. The van der Waals surface area contributed by atoms with Crippen LogP contribution in [0.3, 0.4) is 0 Å². The zero-order valence-corrected chi connectivity index (χ0v) is 20.7. The standard InChI is InChI=1S/C22H19BrN2O8S/c1-4-32-21(28)18-11(3)20(22(29)33-5-2)34-17(18)9-16(26)13(10-24)6-12-7-14(25(30)31)8-15(23)19(12)27/h6-8,27H,4-5,9H2,1-3H3/b13-6+. The summed E-state index contributed by atoms with van der Waals surface area (Å²) in [5.41, 5.74) is -0.556. The topological polar surface area (TPSA) is 157 Å². The lowest BCUT2D eigenvalue weighted by molar-refractivity contribution is -0.385. The maximum atomic E-state index is 12.9. The van der Waals surface area contributed by atoms with Gasteiger partial charge in [-0.05, 0) is 48.3 Å². The Morgan fingerprint density at radius 1 is 1.24 bits per heavy atom. The number of nitrogens with zero attached hydrogens (tertiary/aromatic N) is 2. The number of nitro benzene ring substituents is 1. The number of benzene rings is 1. The molecule has 2 rings (SSSR count). The Kier molecular flexibility index (Phi) is 9.05. The molecular weight excluding hydrogens is 532 g/mol. The van der Waals surface area contributed by atoms with Crippen molar-refractivity contribution in [3.05, 3.63) is 58.7 Å². The van der Waals surface area contributed by atoms with E-state index in [4.69, 9.17) is 9.47 Å². The molecular formula is C22H19BrN2O8S. The Morgan fingerprint density at radius 2 is 1.85 bits per heavy atom. The summed E-state index contributed by atoms with van der Waals surface area (Å²) in [6, 6.07) is 3.81. The summed E-state index contributed by atoms with van der Waals surface area (Å²) < 4.78 is 10.1. The van der Waals surface area contributed by atoms with Crippen LogP contribution in [0, 0.1) is 28.4 Å². The summed E-state index contributed by atoms with van der Waals surface area (Å²) in [5, 5.41) is 30.8. The Hall–Kier alpha value is -3.56. The third-order valence-electron chi connectivity index (χ3n) is 4.49. The molecule has 1 aromatic carbocycles. The van der Waals surface area contributed by atoms with E-state index in [2.05, 4.69) is 15.9 Å². The summed E-state index contributed by atoms with van der Waals surface area (Å²) in [6.07, 6.45) is 0.599. The molecule has 0 saturated heterocycles. The third-order valence-corrected chi connectivity index (χ3v) is 6.37. The van der Waals surface area contributed by atoms with Gasteiger partial charge in [0.25, 0.3) is 5.69 Å². The van der Waals surface area contributed by atoms with E-state index in [0.29, 0.717) is 5.56 Å². The second-order valence-electron chi connectivity index (χ2n) is 6.69. The molecule has 10 nitrogen and oxygen atoms in total. The van der Waals surface area contributed by atoms with Crippen LogP contribution in [0.1, 0.15) is 49.9 Å². The van der Waals surface area contributed by atoms with Gasteiger partial charge < -0.3 is 14.6 Å². The number of hydrogen-bond donors (Lipinski definition) is 1. The molecule has 178 valence electrons. The molecule has 2 aromatic rings. The maximum absolute atomic E-state index is 12.9. The van der Waals surface area contributed by atoms with E-state index in [1.165, 1.54) is 6.92 Å². The molecule has 1 aromatic heterocycles. The van der Waals surface area contributed by atoms with Crippen LogP contribution < -0.4 is 0 Å². The van der Waals surface area contributed by atoms with Gasteiger partial charge >= 0.3 is 11.9 Å². The Balaban J connectivity index is 2.52. The van der Waals surface area contributed by atoms with Crippen LogP contribution in [0.25, 0.3) is 6.08 Å². The number of aromatic hydroxyl groups is 1. The monoisotopic (exact) mass is 550 g/mol. The van der Waals surface area contributed by atoms with Crippen LogP contribution in [0.5, 0.6) is 5.75 Å². The van der Waals surface area contributed by atoms with Crippen molar-refractivity contribution in [3.63, 3.8) is 0 Å². The molecule has 1 N–H and O–H groups in total. The summed E-state index contributed by atoms with van der Waals surface area (Å²) in [7, 11) is 0. The first-order valence-electron chi connectivity index (χ1n) is 9.83. The van der Waals surface area contributed by atoms with Gasteiger partial charge in [0.15, 0.2) is 5.78 Å². The predicted octanol–water partition coefficient (Wildman–Crippen LogP) is 4.51. The second kappa shape index (κ2) is 11.5. The van der Waals surface area contributed by atoms with Gasteiger partial charge in [-0.15, -0.1) is 11.3 Å². The van der Waals surface area contributed by atoms with Crippen LogP contribution in [0.4, 0.5) is 5.69 Å². The van der Waals surface area contributed by atoms with Crippen LogP contribution in [0.15, 0.2) is 22.2 Å². The van der Waals surface area contributed by atoms with E-state index in [0.717, 1.165) is 29.5 Å².